The Hall–Kier alpha value is -5.13. The van der Waals surface area contributed by atoms with Gasteiger partial charge in [-0.15, -0.1) is 0 Å². The van der Waals surface area contributed by atoms with Gasteiger partial charge in [-0.1, -0.05) is 109 Å². The molecule has 0 fully saturated rings. The summed E-state index contributed by atoms with van der Waals surface area (Å²) in [6, 6.07) is 42.6. The maximum absolute atomic E-state index is 13.7. The molecule has 0 unspecified atom stereocenters. The van der Waals surface area contributed by atoms with E-state index in [9.17, 15) is 10.1 Å². The highest BCUT2D eigenvalue weighted by molar-refractivity contribution is 7.99. The minimum absolute atomic E-state index is 0.0582. The van der Waals surface area contributed by atoms with E-state index in [0.717, 1.165) is 32.9 Å². The molecule has 0 saturated carbocycles. The lowest BCUT2D eigenvalue weighted by Gasteiger charge is -2.47. The van der Waals surface area contributed by atoms with Crippen LogP contribution in [0.15, 0.2) is 131 Å². The van der Waals surface area contributed by atoms with Crippen LogP contribution in [-0.4, -0.2) is 12.0 Å². The second-order valence-electron chi connectivity index (χ2n) is 12.6. The number of hydrogen-bond acceptors (Lipinski definition) is 4. The van der Waals surface area contributed by atoms with Gasteiger partial charge < -0.3 is 4.74 Å². The second-order valence-corrected chi connectivity index (χ2v) is 13.7. The van der Waals surface area contributed by atoms with Crippen LogP contribution >= 0.6 is 11.8 Å². The Labute approximate surface area is 270 Å². The Bertz CT molecular complexity index is 2070. The van der Waals surface area contributed by atoms with Gasteiger partial charge in [0.1, 0.15) is 5.75 Å². The van der Waals surface area contributed by atoms with E-state index in [4.69, 9.17) is 4.74 Å². The predicted molar refractivity (Wildman–Crippen MR) is 180 cm³/mol. The average molecular weight is 614 g/mol. The van der Waals surface area contributed by atoms with E-state index in [1.165, 1.54) is 49.4 Å². The SMILES string of the molecule is COc1ccc(Sc2c3c(c([N+](=O)[O-])c4c2C2c5ccccc5C4c4ccccc42)C2c4ccccc4C3c3ccccc32)cc1. The van der Waals surface area contributed by atoms with E-state index >= 15 is 0 Å². The van der Waals surface area contributed by atoms with Crippen LogP contribution in [0.3, 0.4) is 0 Å². The molecule has 0 amide bonds. The van der Waals surface area contributed by atoms with Gasteiger partial charge in [0.15, 0.2) is 0 Å². The molecule has 6 aliphatic carbocycles. The van der Waals surface area contributed by atoms with Crippen LogP contribution in [0.5, 0.6) is 5.75 Å². The summed E-state index contributed by atoms with van der Waals surface area (Å²) in [5.74, 6) is 0.200. The molecule has 0 N–H and O–H groups in total. The standard InChI is InChI=1S/C41H27NO3S/c1-45-22-18-20-23(21-19-22)46-41-38-34-28-14-6-2-10-24(28)32(25-11-3-7-15-29(25)34)36(38)40(42(43)44)37-33-26-12-4-8-16-30(26)35(39(37)41)31-17-9-5-13-27(31)33/h2-21,32-35H,1H3. The molecule has 6 aromatic rings. The van der Waals surface area contributed by atoms with Crippen molar-refractivity contribution < 1.29 is 9.66 Å². The molecule has 0 saturated heterocycles. The Balaban J connectivity index is 1.37. The fraction of sp³-hybridized carbons (Fsp3) is 0.122. The van der Waals surface area contributed by atoms with Gasteiger partial charge in [0.05, 0.1) is 12.0 Å². The maximum atomic E-state index is 13.7. The molecule has 4 bridgehead atoms. The fourth-order valence-corrected chi connectivity index (χ4v) is 10.3. The predicted octanol–water partition coefficient (Wildman–Crippen LogP) is 9.73. The summed E-state index contributed by atoms with van der Waals surface area (Å²) < 4.78 is 5.50. The van der Waals surface area contributed by atoms with Crippen molar-refractivity contribution in [3.8, 4) is 5.75 Å². The van der Waals surface area contributed by atoms with Crippen LogP contribution in [0.4, 0.5) is 5.69 Å². The van der Waals surface area contributed by atoms with Crippen LogP contribution in [0.1, 0.15) is 90.4 Å². The summed E-state index contributed by atoms with van der Waals surface area (Å²) >= 11 is 1.76. The molecule has 0 radical (unpaired) electrons. The van der Waals surface area contributed by atoms with E-state index in [-0.39, 0.29) is 28.6 Å². The molecule has 6 aromatic carbocycles. The lowest BCUT2D eigenvalue weighted by molar-refractivity contribution is -0.386. The van der Waals surface area contributed by atoms with Gasteiger partial charge in [-0.3, -0.25) is 10.1 Å². The Morgan fingerprint density at radius 3 is 1.15 bits per heavy atom. The first-order chi connectivity index (χ1) is 22.7. The topological polar surface area (TPSA) is 52.4 Å². The smallest absolute Gasteiger partial charge is 0.278 e. The van der Waals surface area contributed by atoms with Crippen molar-refractivity contribution in [2.45, 2.75) is 33.5 Å². The summed E-state index contributed by atoms with van der Waals surface area (Å²) in [5.41, 5.74) is 14.0. The number of hydrogen-bond donors (Lipinski definition) is 0. The molecule has 46 heavy (non-hydrogen) atoms. The quantitative estimate of drug-likeness (QED) is 0.146. The van der Waals surface area contributed by atoms with Crippen molar-refractivity contribution in [1.29, 1.82) is 0 Å². The molecule has 0 heterocycles. The Morgan fingerprint density at radius 2 is 0.848 bits per heavy atom. The molecular formula is C41H27NO3S. The highest BCUT2D eigenvalue weighted by atomic mass is 32.2. The third-order valence-corrected chi connectivity index (χ3v) is 11.8. The average Bonchev–Trinajstić information content (AvgIpc) is 3.11. The first kappa shape index (κ1) is 26.1. The van der Waals surface area contributed by atoms with Crippen molar-refractivity contribution >= 4 is 17.4 Å². The van der Waals surface area contributed by atoms with Crippen molar-refractivity contribution in [2.75, 3.05) is 7.11 Å². The molecule has 0 aliphatic heterocycles. The minimum Gasteiger partial charge on any atom is -0.497 e. The number of nitro groups is 1. The zero-order chi connectivity index (χ0) is 30.7. The minimum atomic E-state index is -0.209. The Morgan fingerprint density at radius 1 is 0.522 bits per heavy atom. The molecule has 4 nitrogen and oxygen atoms in total. The Kier molecular flexibility index (Phi) is 5.36. The van der Waals surface area contributed by atoms with E-state index in [0.29, 0.717) is 5.69 Å². The highest BCUT2D eigenvalue weighted by Gasteiger charge is 2.53. The molecule has 0 aromatic heterocycles. The van der Waals surface area contributed by atoms with E-state index in [1.807, 2.05) is 12.1 Å². The first-order valence-electron chi connectivity index (χ1n) is 15.7. The number of nitrogens with zero attached hydrogens (tertiary/aromatic N) is 1. The van der Waals surface area contributed by atoms with Crippen LogP contribution in [0, 0.1) is 10.1 Å². The maximum Gasteiger partial charge on any atom is 0.278 e. The van der Waals surface area contributed by atoms with Crippen molar-refractivity contribution in [3.05, 3.63) is 198 Å². The van der Waals surface area contributed by atoms with Gasteiger partial charge in [0.2, 0.25) is 0 Å². The van der Waals surface area contributed by atoms with E-state index < -0.39 is 0 Å². The van der Waals surface area contributed by atoms with Crippen LogP contribution in [0.2, 0.25) is 0 Å². The van der Waals surface area contributed by atoms with Crippen molar-refractivity contribution in [2.24, 2.45) is 0 Å². The zero-order valence-electron chi connectivity index (χ0n) is 24.9. The summed E-state index contributed by atoms with van der Waals surface area (Å²) in [4.78, 5) is 15.9. The van der Waals surface area contributed by atoms with Gasteiger partial charge in [-0.25, -0.2) is 0 Å². The number of benzene rings is 6. The number of nitro benzene ring substituents is 1. The lowest BCUT2D eigenvalue weighted by Crippen LogP contribution is -2.34. The third kappa shape index (κ3) is 3.25. The first-order valence-corrected chi connectivity index (χ1v) is 16.5. The summed E-state index contributed by atoms with van der Waals surface area (Å²) in [6.45, 7) is 0. The molecule has 6 aliphatic rings. The number of ether oxygens (including phenoxy) is 1. The molecule has 12 rings (SSSR count). The lowest BCUT2D eigenvalue weighted by atomic mass is 9.55. The van der Waals surface area contributed by atoms with Crippen LogP contribution < -0.4 is 4.74 Å². The summed E-state index contributed by atoms with van der Waals surface area (Å²) in [6.07, 6.45) is 0. The van der Waals surface area contributed by atoms with E-state index in [1.54, 1.807) is 18.9 Å². The normalized spacial score (nSPS) is 20.1. The zero-order valence-corrected chi connectivity index (χ0v) is 25.8. The van der Waals surface area contributed by atoms with Gasteiger partial charge >= 0.3 is 0 Å². The molecule has 0 atom stereocenters. The monoisotopic (exact) mass is 613 g/mol. The highest BCUT2D eigenvalue weighted by Crippen LogP contribution is 2.67. The van der Waals surface area contributed by atoms with Crippen LogP contribution in [0.25, 0.3) is 0 Å². The molecule has 5 heteroatoms. The summed E-state index contributed by atoms with van der Waals surface area (Å²) in [5, 5.41) is 13.7. The molecule has 220 valence electrons. The third-order valence-electron chi connectivity index (χ3n) is 10.7. The molecular weight excluding hydrogens is 587 g/mol. The number of methoxy groups -OCH3 is 1. The van der Waals surface area contributed by atoms with E-state index in [2.05, 4.69) is 109 Å². The van der Waals surface area contributed by atoms with Crippen LogP contribution in [-0.2, 0) is 0 Å². The van der Waals surface area contributed by atoms with Gasteiger partial charge in [-0.2, -0.15) is 0 Å². The van der Waals surface area contributed by atoms with Gasteiger partial charge in [-0.05, 0) is 79.9 Å². The molecule has 0 spiro atoms. The largest absolute Gasteiger partial charge is 0.497 e. The van der Waals surface area contributed by atoms with Crippen molar-refractivity contribution in [3.63, 3.8) is 0 Å². The summed E-state index contributed by atoms with van der Waals surface area (Å²) in [7, 11) is 1.68. The van der Waals surface area contributed by atoms with Gasteiger partial charge in [0, 0.05) is 44.6 Å². The second kappa shape index (κ2) is 9.44. The van der Waals surface area contributed by atoms with Crippen molar-refractivity contribution in [1.82, 2.24) is 0 Å². The fourth-order valence-electron chi connectivity index (χ4n) is 9.08. The number of rotatable bonds is 4. The van der Waals surface area contributed by atoms with Gasteiger partial charge in [0.25, 0.3) is 5.69 Å².